The van der Waals surface area contributed by atoms with E-state index >= 15 is 0 Å². The number of likely N-dealkylation sites (tertiary alicyclic amines) is 1. The van der Waals surface area contributed by atoms with Gasteiger partial charge in [0, 0.05) is 18.4 Å². The molecule has 3 fully saturated rings. The van der Waals surface area contributed by atoms with Crippen LogP contribution in [0.1, 0.15) is 63.5 Å². The van der Waals surface area contributed by atoms with Crippen LogP contribution in [0.4, 0.5) is 4.79 Å². The van der Waals surface area contributed by atoms with Gasteiger partial charge in [0.05, 0.1) is 13.2 Å². The van der Waals surface area contributed by atoms with Crippen molar-refractivity contribution in [2.75, 3.05) is 19.8 Å². The largest absolute Gasteiger partial charge is 0.494 e. The van der Waals surface area contributed by atoms with E-state index in [4.69, 9.17) is 4.74 Å². The summed E-state index contributed by atoms with van der Waals surface area (Å²) in [5, 5.41) is 3.03. The normalized spacial score (nSPS) is 27.2. The van der Waals surface area contributed by atoms with Gasteiger partial charge in [0.1, 0.15) is 17.3 Å². The number of ether oxygens (including phenoxy) is 1. The molecule has 6 heteroatoms. The second-order valence-corrected chi connectivity index (χ2v) is 8.07. The van der Waals surface area contributed by atoms with Gasteiger partial charge in [0.25, 0.3) is 5.91 Å². The van der Waals surface area contributed by atoms with Gasteiger partial charge in [-0.1, -0.05) is 19.3 Å². The van der Waals surface area contributed by atoms with E-state index in [1.54, 1.807) is 0 Å². The van der Waals surface area contributed by atoms with Gasteiger partial charge < -0.3 is 15.0 Å². The highest BCUT2D eigenvalue weighted by Crippen LogP contribution is 2.33. The molecular weight excluding hydrogens is 342 g/mol. The summed E-state index contributed by atoms with van der Waals surface area (Å²) in [6, 6.07) is 8.39. The number of urea groups is 1. The summed E-state index contributed by atoms with van der Waals surface area (Å²) < 4.78 is 5.54. The monoisotopic (exact) mass is 372 g/mol. The van der Waals surface area contributed by atoms with E-state index < -0.39 is 5.54 Å². The van der Waals surface area contributed by atoms with E-state index in [0.717, 1.165) is 57.2 Å². The van der Waals surface area contributed by atoms with Crippen LogP contribution in [0.15, 0.2) is 24.3 Å². The molecule has 2 aliphatic heterocycles. The van der Waals surface area contributed by atoms with E-state index in [2.05, 4.69) is 17.4 Å². The summed E-state index contributed by atoms with van der Waals surface area (Å²) in [5.41, 5.74) is 0.633. The molecule has 6 nitrogen and oxygen atoms in total. The van der Waals surface area contributed by atoms with Gasteiger partial charge in [-0.3, -0.25) is 4.79 Å². The number of nitrogens with zero attached hydrogens (tertiary/aromatic N) is 1. The fourth-order valence-electron chi connectivity index (χ4n) is 4.98. The maximum Gasteiger partial charge on any atom is 0.329 e. The lowest BCUT2D eigenvalue weighted by molar-refractivity contribution is -0.925. The molecule has 0 aromatic heterocycles. The molecule has 2 saturated heterocycles. The number of rotatable bonds is 5. The lowest BCUT2D eigenvalue weighted by atomic mass is 9.82. The number of carbonyl (C=O) groups is 2. The standard InChI is InChI=1S/C21H29N3O3/c1-2-27-17-10-8-16(9-11-17)18-7-6-14-23(18)15-24-19(25)21(22-20(24)26)12-4-3-5-13-21/h8-11,18H,2-7,12-15H2,1H3,(H,22,26)/p+1/t18-/m1/s1. The van der Waals surface area contributed by atoms with Crippen LogP contribution in [0.25, 0.3) is 0 Å². The van der Waals surface area contributed by atoms with Crippen LogP contribution in [0.3, 0.4) is 0 Å². The van der Waals surface area contributed by atoms with Crippen molar-refractivity contribution in [2.24, 2.45) is 0 Å². The molecule has 1 saturated carbocycles. The van der Waals surface area contributed by atoms with Gasteiger partial charge in [-0.25, -0.2) is 9.69 Å². The van der Waals surface area contributed by atoms with E-state index in [-0.39, 0.29) is 11.9 Å². The number of nitrogens with one attached hydrogen (secondary N) is 2. The summed E-state index contributed by atoms with van der Waals surface area (Å²) in [6.07, 6.45) is 6.95. The van der Waals surface area contributed by atoms with Gasteiger partial charge in [-0.2, -0.15) is 0 Å². The number of benzene rings is 1. The maximum atomic E-state index is 13.1. The highest BCUT2D eigenvalue weighted by Gasteiger charge is 2.52. The Kier molecular flexibility index (Phi) is 5.08. The molecule has 3 amide bonds. The minimum atomic E-state index is -0.622. The van der Waals surface area contributed by atoms with Gasteiger partial charge in [-0.05, 0) is 44.0 Å². The van der Waals surface area contributed by atoms with Gasteiger partial charge in [0.2, 0.25) is 0 Å². The third kappa shape index (κ3) is 3.43. The van der Waals surface area contributed by atoms with Crippen molar-refractivity contribution in [3.8, 4) is 5.75 Å². The summed E-state index contributed by atoms with van der Waals surface area (Å²) in [7, 11) is 0. The average Bonchev–Trinajstić information content (AvgIpc) is 3.23. The van der Waals surface area contributed by atoms with Crippen molar-refractivity contribution in [1.29, 1.82) is 0 Å². The minimum absolute atomic E-state index is 0.00274. The predicted octanol–water partition coefficient (Wildman–Crippen LogP) is 2.02. The first-order valence-electron chi connectivity index (χ1n) is 10.3. The maximum absolute atomic E-state index is 13.1. The molecule has 0 radical (unpaired) electrons. The molecule has 2 atom stereocenters. The second-order valence-electron chi connectivity index (χ2n) is 8.07. The Morgan fingerprint density at radius 2 is 1.89 bits per heavy atom. The van der Waals surface area contributed by atoms with Crippen molar-refractivity contribution in [1.82, 2.24) is 10.2 Å². The molecule has 2 N–H and O–H groups in total. The Balaban J connectivity index is 1.46. The zero-order valence-corrected chi connectivity index (χ0v) is 16.1. The second kappa shape index (κ2) is 7.50. The molecule has 2 heterocycles. The Labute approximate surface area is 160 Å². The molecule has 1 aliphatic carbocycles. The number of amides is 3. The highest BCUT2D eigenvalue weighted by molar-refractivity contribution is 6.06. The summed E-state index contributed by atoms with van der Waals surface area (Å²) in [6.45, 7) is 4.09. The van der Waals surface area contributed by atoms with Crippen LogP contribution < -0.4 is 15.0 Å². The molecule has 1 unspecified atom stereocenters. The van der Waals surface area contributed by atoms with Crippen LogP contribution >= 0.6 is 0 Å². The van der Waals surface area contributed by atoms with Crippen LogP contribution in [-0.2, 0) is 4.79 Å². The van der Waals surface area contributed by atoms with E-state index in [9.17, 15) is 9.59 Å². The molecule has 146 valence electrons. The Hall–Kier alpha value is -2.08. The van der Waals surface area contributed by atoms with Crippen molar-refractivity contribution >= 4 is 11.9 Å². The summed E-state index contributed by atoms with van der Waals surface area (Å²) in [5.74, 6) is 0.881. The van der Waals surface area contributed by atoms with Gasteiger partial charge in [0.15, 0.2) is 6.67 Å². The van der Waals surface area contributed by atoms with Crippen LogP contribution in [0, 0.1) is 0 Å². The molecule has 4 rings (SSSR count). The fraction of sp³-hybridized carbons (Fsp3) is 0.619. The van der Waals surface area contributed by atoms with E-state index in [1.165, 1.54) is 15.4 Å². The Morgan fingerprint density at radius 3 is 2.59 bits per heavy atom. The zero-order valence-electron chi connectivity index (χ0n) is 16.1. The molecule has 27 heavy (non-hydrogen) atoms. The zero-order chi connectivity index (χ0) is 18.9. The van der Waals surface area contributed by atoms with Crippen molar-refractivity contribution in [3.05, 3.63) is 29.8 Å². The molecular formula is C21H30N3O3+. The first-order chi connectivity index (χ1) is 13.1. The van der Waals surface area contributed by atoms with Crippen molar-refractivity contribution in [2.45, 2.75) is 63.5 Å². The Bertz CT molecular complexity index is 697. The molecule has 3 aliphatic rings. The number of hydrogen-bond donors (Lipinski definition) is 2. The lowest BCUT2D eigenvalue weighted by Crippen LogP contribution is -3.12. The lowest BCUT2D eigenvalue weighted by Gasteiger charge is -2.31. The van der Waals surface area contributed by atoms with Crippen molar-refractivity contribution < 1.29 is 19.2 Å². The number of carbonyl (C=O) groups excluding carboxylic acids is 2. The SMILES string of the molecule is CCOc1ccc([C@H]2CCC[NH+]2CN2C(=O)NC3(CCCCC3)C2=O)cc1. The van der Waals surface area contributed by atoms with Crippen molar-refractivity contribution in [3.63, 3.8) is 0 Å². The first-order valence-corrected chi connectivity index (χ1v) is 10.3. The molecule has 0 bridgehead atoms. The predicted molar refractivity (Wildman–Crippen MR) is 101 cm³/mol. The average molecular weight is 372 g/mol. The smallest absolute Gasteiger partial charge is 0.329 e. The summed E-state index contributed by atoms with van der Waals surface area (Å²) >= 11 is 0. The van der Waals surface area contributed by atoms with Crippen LogP contribution in [-0.4, -0.2) is 42.2 Å². The topological polar surface area (TPSA) is 63.1 Å². The quantitative estimate of drug-likeness (QED) is 0.778. The van der Waals surface area contributed by atoms with Gasteiger partial charge >= 0.3 is 6.03 Å². The van der Waals surface area contributed by atoms with E-state index in [0.29, 0.717) is 19.3 Å². The number of imide groups is 1. The minimum Gasteiger partial charge on any atom is -0.494 e. The van der Waals surface area contributed by atoms with E-state index in [1.807, 2.05) is 19.1 Å². The number of hydrogen-bond acceptors (Lipinski definition) is 3. The number of quaternary nitrogens is 1. The van der Waals surface area contributed by atoms with Crippen LogP contribution in [0.2, 0.25) is 0 Å². The molecule has 1 spiro atoms. The highest BCUT2D eigenvalue weighted by atomic mass is 16.5. The van der Waals surface area contributed by atoms with Crippen LogP contribution in [0.5, 0.6) is 5.75 Å². The summed E-state index contributed by atoms with van der Waals surface area (Å²) in [4.78, 5) is 28.4. The fourth-order valence-corrected chi connectivity index (χ4v) is 4.98. The molecule has 1 aromatic rings. The molecule has 1 aromatic carbocycles. The first kappa shape index (κ1) is 18.3. The third-order valence-electron chi connectivity index (χ3n) is 6.39. The third-order valence-corrected chi connectivity index (χ3v) is 6.39. The van der Waals surface area contributed by atoms with Gasteiger partial charge in [-0.15, -0.1) is 0 Å². The Morgan fingerprint density at radius 1 is 1.15 bits per heavy atom.